The third kappa shape index (κ3) is 2.65. The third-order valence-corrected chi connectivity index (χ3v) is 3.86. The maximum absolute atomic E-state index is 6.16. The number of hydrogen-bond donors (Lipinski definition) is 1. The number of rotatable bonds is 2. The number of ether oxygens (including phenoxy) is 1. The molecule has 0 aromatic heterocycles. The van der Waals surface area contributed by atoms with Crippen molar-refractivity contribution in [3.8, 4) is 0 Å². The summed E-state index contributed by atoms with van der Waals surface area (Å²) in [6, 6.07) is 15.1. The summed E-state index contributed by atoms with van der Waals surface area (Å²) in [5, 5.41) is 6.12. The molecule has 1 fully saturated rings. The molecule has 1 aliphatic heterocycles. The highest BCUT2D eigenvalue weighted by molar-refractivity contribution is 5.85. The minimum absolute atomic E-state index is 0.109. The molecule has 0 spiro atoms. The van der Waals surface area contributed by atoms with Crippen LogP contribution in [0.15, 0.2) is 42.5 Å². The summed E-state index contributed by atoms with van der Waals surface area (Å²) >= 11 is 0. The maximum atomic E-state index is 6.16. The molecule has 2 aromatic carbocycles. The highest BCUT2D eigenvalue weighted by Gasteiger charge is 2.31. The normalized spacial score (nSPS) is 27.6. The van der Waals surface area contributed by atoms with E-state index in [0.29, 0.717) is 0 Å². The summed E-state index contributed by atoms with van der Waals surface area (Å²) in [4.78, 5) is 0. The van der Waals surface area contributed by atoms with Gasteiger partial charge >= 0.3 is 0 Å². The number of nitrogens with one attached hydrogen (secondary N) is 1. The molecule has 100 valence electrons. The second-order valence-electron chi connectivity index (χ2n) is 5.82. The van der Waals surface area contributed by atoms with Crippen molar-refractivity contribution in [1.29, 1.82) is 0 Å². The molecule has 1 aliphatic rings. The van der Waals surface area contributed by atoms with E-state index >= 15 is 0 Å². The molecule has 1 heterocycles. The van der Waals surface area contributed by atoms with Crippen molar-refractivity contribution in [3.05, 3.63) is 48.0 Å². The fraction of sp³-hybridized carbons (Fsp3) is 0.412. The predicted molar refractivity (Wildman–Crippen MR) is 79.5 cm³/mol. The summed E-state index contributed by atoms with van der Waals surface area (Å²) in [6.07, 6.45) is 1.24. The fourth-order valence-corrected chi connectivity index (χ4v) is 3.06. The van der Waals surface area contributed by atoms with Crippen molar-refractivity contribution in [3.63, 3.8) is 0 Å². The molecular formula is C17H21NO. The smallest absolute Gasteiger partial charge is 0.0822 e. The van der Waals surface area contributed by atoms with Crippen LogP contribution in [0.2, 0.25) is 0 Å². The van der Waals surface area contributed by atoms with Gasteiger partial charge in [-0.15, -0.1) is 0 Å². The number of morpholine rings is 1. The van der Waals surface area contributed by atoms with Gasteiger partial charge in [-0.05, 0) is 30.2 Å². The van der Waals surface area contributed by atoms with Crippen LogP contribution < -0.4 is 5.32 Å². The third-order valence-electron chi connectivity index (χ3n) is 3.86. The molecule has 0 amide bonds. The van der Waals surface area contributed by atoms with Crippen molar-refractivity contribution in [2.75, 3.05) is 13.1 Å². The summed E-state index contributed by atoms with van der Waals surface area (Å²) in [7, 11) is 0. The van der Waals surface area contributed by atoms with Crippen molar-refractivity contribution in [2.45, 2.75) is 32.0 Å². The maximum Gasteiger partial charge on any atom is 0.0822 e. The first-order valence-electron chi connectivity index (χ1n) is 7.01. The van der Waals surface area contributed by atoms with Crippen molar-refractivity contribution >= 4 is 10.8 Å². The van der Waals surface area contributed by atoms with E-state index in [1.807, 2.05) is 0 Å². The standard InChI is InChI=1S/C17H21NO/c1-13-11-18-12-17(2,19-13)10-15-8-5-7-14-6-3-4-9-16(14)15/h3-9,13,18H,10-12H2,1-2H3. The molecule has 0 bridgehead atoms. The van der Waals surface area contributed by atoms with E-state index in [4.69, 9.17) is 4.74 Å². The minimum Gasteiger partial charge on any atom is -0.369 e. The molecule has 0 saturated carbocycles. The lowest BCUT2D eigenvalue weighted by Gasteiger charge is -2.38. The summed E-state index contributed by atoms with van der Waals surface area (Å²) in [5.41, 5.74) is 1.26. The van der Waals surface area contributed by atoms with E-state index in [-0.39, 0.29) is 11.7 Å². The Morgan fingerprint density at radius 2 is 2.00 bits per heavy atom. The largest absolute Gasteiger partial charge is 0.369 e. The van der Waals surface area contributed by atoms with Gasteiger partial charge in [0, 0.05) is 19.5 Å². The molecule has 2 unspecified atom stereocenters. The molecule has 2 aromatic rings. The zero-order valence-electron chi connectivity index (χ0n) is 11.6. The second-order valence-corrected chi connectivity index (χ2v) is 5.82. The molecule has 2 atom stereocenters. The van der Waals surface area contributed by atoms with Crippen LogP contribution in [-0.4, -0.2) is 24.8 Å². The lowest BCUT2D eigenvalue weighted by molar-refractivity contribution is -0.0963. The Hall–Kier alpha value is -1.38. The first kappa shape index (κ1) is 12.6. The van der Waals surface area contributed by atoms with Gasteiger partial charge in [-0.25, -0.2) is 0 Å². The highest BCUT2D eigenvalue weighted by atomic mass is 16.5. The van der Waals surface area contributed by atoms with Crippen LogP contribution in [0.4, 0.5) is 0 Å². The average molecular weight is 255 g/mol. The Morgan fingerprint density at radius 1 is 1.21 bits per heavy atom. The zero-order chi connectivity index (χ0) is 13.3. The van der Waals surface area contributed by atoms with Crippen LogP contribution in [0, 0.1) is 0 Å². The van der Waals surface area contributed by atoms with Crippen molar-refractivity contribution in [1.82, 2.24) is 5.32 Å². The topological polar surface area (TPSA) is 21.3 Å². The lowest BCUT2D eigenvalue weighted by Crippen LogP contribution is -2.52. The van der Waals surface area contributed by atoms with Crippen LogP contribution in [0.1, 0.15) is 19.4 Å². The Balaban J connectivity index is 1.92. The molecule has 2 heteroatoms. The predicted octanol–water partition coefficient (Wildman–Crippen LogP) is 3.15. The molecular weight excluding hydrogens is 234 g/mol. The summed E-state index contributed by atoms with van der Waals surface area (Å²) in [5.74, 6) is 0. The number of fused-ring (bicyclic) bond motifs is 1. The average Bonchev–Trinajstić information content (AvgIpc) is 2.38. The van der Waals surface area contributed by atoms with E-state index in [0.717, 1.165) is 19.5 Å². The SMILES string of the molecule is CC1CNCC(C)(Cc2cccc3ccccc23)O1. The molecule has 1 N–H and O–H groups in total. The van der Waals surface area contributed by atoms with Gasteiger partial charge in [-0.1, -0.05) is 42.5 Å². The Labute approximate surface area is 114 Å². The lowest BCUT2D eigenvalue weighted by atomic mass is 9.91. The first-order chi connectivity index (χ1) is 9.16. The highest BCUT2D eigenvalue weighted by Crippen LogP contribution is 2.26. The second kappa shape index (κ2) is 4.95. The van der Waals surface area contributed by atoms with E-state index in [2.05, 4.69) is 61.6 Å². The molecule has 3 rings (SSSR count). The van der Waals surface area contributed by atoms with Crippen molar-refractivity contribution in [2.24, 2.45) is 0 Å². The van der Waals surface area contributed by atoms with Gasteiger partial charge < -0.3 is 10.1 Å². The van der Waals surface area contributed by atoms with Gasteiger partial charge in [0.2, 0.25) is 0 Å². The molecule has 0 aliphatic carbocycles. The van der Waals surface area contributed by atoms with Gasteiger partial charge in [0.15, 0.2) is 0 Å². The molecule has 1 saturated heterocycles. The van der Waals surface area contributed by atoms with Gasteiger partial charge in [-0.2, -0.15) is 0 Å². The Morgan fingerprint density at radius 3 is 2.84 bits per heavy atom. The van der Waals surface area contributed by atoms with Crippen LogP contribution in [0.3, 0.4) is 0 Å². The van der Waals surface area contributed by atoms with E-state index in [1.165, 1.54) is 16.3 Å². The van der Waals surface area contributed by atoms with E-state index < -0.39 is 0 Å². The van der Waals surface area contributed by atoms with Crippen LogP contribution in [0.25, 0.3) is 10.8 Å². The van der Waals surface area contributed by atoms with Crippen LogP contribution >= 0.6 is 0 Å². The molecule has 2 nitrogen and oxygen atoms in total. The number of hydrogen-bond acceptors (Lipinski definition) is 2. The fourth-order valence-electron chi connectivity index (χ4n) is 3.06. The first-order valence-corrected chi connectivity index (χ1v) is 7.01. The van der Waals surface area contributed by atoms with E-state index in [1.54, 1.807) is 0 Å². The van der Waals surface area contributed by atoms with Crippen LogP contribution in [0.5, 0.6) is 0 Å². The van der Waals surface area contributed by atoms with Crippen molar-refractivity contribution < 1.29 is 4.74 Å². The Kier molecular flexibility index (Phi) is 3.29. The van der Waals surface area contributed by atoms with Gasteiger partial charge in [0.1, 0.15) is 0 Å². The summed E-state index contributed by atoms with van der Waals surface area (Å²) < 4.78 is 6.16. The van der Waals surface area contributed by atoms with Gasteiger partial charge in [-0.3, -0.25) is 0 Å². The zero-order valence-corrected chi connectivity index (χ0v) is 11.6. The molecule has 0 radical (unpaired) electrons. The quantitative estimate of drug-likeness (QED) is 0.890. The summed E-state index contributed by atoms with van der Waals surface area (Å²) in [6.45, 7) is 6.20. The monoisotopic (exact) mass is 255 g/mol. The molecule has 19 heavy (non-hydrogen) atoms. The Bertz CT molecular complexity index is 575. The number of benzene rings is 2. The minimum atomic E-state index is -0.109. The van der Waals surface area contributed by atoms with Gasteiger partial charge in [0.25, 0.3) is 0 Å². The van der Waals surface area contributed by atoms with Gasteiger partial charge in [0.05, 0.1) is 11.7 Å². The van der Waals surface area contributed by atoms with E-state index in [9.17, 15) is 0 Å². The van der Waals surface area contributed by atoms with Crippen LogP contribution in [-0.2, 0) is 11.2 Å².